The van der Waals surface area contributed by atoms with Gasteiger partial charge in [0.05, 0.1) is 0 Å². The Hall–Kier alpha value is -1.02. The highest BCUT2D eigenvalue weighted by molar-refractivity contribution is 5.38. The Labute approximate surface area is 97.7 Å². The Morgan fingerprint density at radius 1 is 1.31 bits per heavy atom. The lowest BCUT2D eigenvalue weighted by molar-refractivity contribution is 0.324. The van der Waals surface area contributed by atoms with Crippen molar-refractivity contribution in [1.29, 1.82) is 0 Å². The van der Waals surface area contributed by atoms with E-state index in [-0.39, 0.29) is 0 Å². The molecule has 1 fully saturated rings. The van der Waals surface area contributed by atoms with Gasteiger partial charge >= 0.3 is 0 Å². The predicted molar refractivity (Wildman–Crippen MR) is 66.9 cm³/mol. The van der Waals surface area contributed by atoms with E-state index in [1.807, 2.05) is 12.1 Å². The van der Waals surface area contributed by atoms with Crippen molar-refractivity contribution >= 4 is 0 Å². The van der Waals surface area contributed by atoms with Crippen LogP contribution in [0.25, 0.3) is 0 Å². The second-order valence-electron chi connectivity index (χ2n) is 4.94. The minimum atomic E-state index is 0.455. The summed E-state index contributed by atoms with van der Waals surface area (Å²) >= 11 is 0. The van der Waals surface area contributed by atoms with Crippen LogP contribution in [0.4, 0.5) is 0 Å². The van der Waals surface area contributed by atoms with Crippen molar-refractivity contribution < 1.29 is 5.11 Å². The van der Waals surface area contributed by atoms with Crippen LogP contribution < -0.4 is 5.32 Å². The minimum absolute atomic E-state index is 0.455. The highest BCUT2D eigenvalue weighted by atomic mass is 16.3. The Balaban J connectivity index is 2.18. The molecule has 1 aliphatic rings. The highest BCUT2D eigenvalue weighted by Gasteiger charge is 2.23. The van der Waals surface area contributed by atoms with Crippen LogP contribution >= 0.6 is 0 Å². The molecular formula is C14H21NO. The third-order valence-corrected chi connectivity index (χ3v) is 3.76. The number of phenolic OH excluding ortho intramolecular Hbond substituents is 1. The molecule has 1 saturated heterocycles. The molecule has 1 heterocycles. The summed E-state index contributed by atoms with van der Waals surface area (Å²) in [5, 5.41) is 13.3. The van der Waals surface area contributed by atoms with E-state index in [0.29, 0.717) is 17.6 Å². The van der Waals surface area contributed by atoms with Gasteiger partial charge in [0.15, 0.2) is 0 Å². The molecule has 2 heteroatoms. The summed E-state index contributed by atoms with van der Waals surface area (Å²) in [6, 6.07) is 5.91. The fraction of sp³-hybridized carbons (Fsp3) is 0.571. The zero-order valence-electron chi connectivity index (χ0n) is 10.2. The number of piperidine rings is 1. The van der Waals surface area contributed by atoms with Crippen LogP contribution in [-0.2, 0) is 0 Å². The zero-order valence-corrected chi connectivity index (χ0v) is 10.2. The molecule has 0 radical (unpaired) electrons. The van der Waals surface area contributed by atoms with Crippen LogP contribution in [0.5, 0.6) is 5.75 Å². The average molecular weight is 219 g/mol. The van der Waals surface area contributed by atoms with Crippen molar-refractivity contribution in [2.24, 2.45) is 5.92 Å². The van der Waals surface area contributed by atoms with Gasteiger partial charge in [-0.15, -0.1) is 0 Å². The first kappa shape index (κ1) is 11.5. The third kappa shape index (κ3) is 2.38. The van der Waals surface area contributed by atoms with E-state index in [0.717, 1.165) is 18.7 Å². The summed E-state index contributed by atoms with van der Waals surface area (Å²) in [4.78, 5) is 0. The summed E-state index contributed by atoms with van der Waals surface area (Å²) in [5.41, 5.74) is 2.35. The average Bonchev–Trinajstić information content (AvgIpc) is 2.32. The quantitative estimate of drug-likeness (QED) is 0.801. The maximum Gasteiger partial charge on any atom is 0.119 e. The van der Waals surface area contributed by atoms with Gasteiger partial charge in [-0.25, -0.2) is 0 Å². The summed E-state index contributed by atoms with van der Waals surface area (Å²) in [6.07, 6.45) is 2.43. The molecule has 88 valence electrons. The fourth-order valence-electron chi connectivity index (χ4n) is 2.64. The number of hydrogen-bond acceptors (Lipinski definition) is 2. The lowest BCUT2D eigenvalue weighted by Gasteiger charge is -2.29. The number of benzene rings is 1. The van der Waals surface area contributed by atoms with Gasteiger partial charge in [-0.1, -0.05) is 24.6 Å². The number of phenols is 1. The Morgan fingerprint density at radius 2 is 2.00 bits per heavy atom. The smallest absolute Gasteiger partial charge is 0.119 e. The zero-order chi connectivity index (χ0) is 11.5. The van der Waals surface area contributed by atoms with Crippen molar-refractivity contribution in [3.8, 4) is 5.75 Å². The van der Waals surface area contributed by atoms with Crippen LogP contribution in [0.3, 0.4) is 0 Å². The SMILES string of the molecule is Cc1ccc(O)c(C(C)C2CCNCC2)c1. The first-order chi connectivity index (χ1) is 7.68. The van der Waals surface area contributed by atoms with Crippen molar-refractivity contribution in [2.45, 2.75) is 32.6 Å². The summed E-state index contributed by atoms with van der Waals surface area (Å²) in [5.74, 6) is 1.62. The van der Waals surface area contributed by atoms with Gasteiger partial charge in [-0.05, 0) is 56.3 Å². The third-order valence-electron chi connectivity index (χ3n) is 3.76. The first-order valence-corrected chi connectivity index (χ1v) is 6.18. The van der Waals surface area contributed by atoms with Gasteiger partial charge in [0, 0.05) is 0 Å². The molecule has 0 bridgehead atoms. The molecule has 0 saturated carbocycles. The Kier molecular flexibility index (Phi) is 3.49. The Bertz CT molecular complexity index is 356. The monoisotopic (exact) mass is 219 g/mol. The van der Waals surface area contributed by atoms with E-state index >= 15 is 0 Å². The van der Waals surface area contributed by atoms with Crippen LogP contribution in [0.1, 0.15) is 36.8 Å². The van der Waals surface area contributed by atoms with Gasteiger partial charge in [-0.3, -0.25) is 0 Å². The van der Waals surface area contributed by atoms with E-state index in [2.05, 4.69) is 25.2 Å². The topological polar surface area (TPSA) is 32.3 Å². The van der Waals surface area contributed by atoms with Crippen molar-refractivity contribution in [3.05, 3.63) is 29.3 Å². The molecule has 0 amide bonds. The summed E-state index contributed by atoms with van der Waals surface area (Å²) < 4.78 is 0. The molecule has 1 atom stereocenters. The van der Waals surface area contributed by atoms with Crippen LogP contribution in [-0.4, -0.2) is 18.2 Å². The largest absolute Gasteiger partial charge is 0.508 e. The molecule has 16 heavy (non-hydrogen) atoms. The first-order valence-electron chi connectivity index (χ1n) is 6.18. The predicted octanol–water partition coefficient (Wildman–Crippen LogP) is 2.80. The summed E-state index contributed by atoms with van der Waals surface area (Å²) in [6.45, 7) is 6.55. The number of rotatable bonds is 2. The molecule has 1 aliphatic heterocycles. The lowest BCUT2D eigenvalue weighted by atomic mass is 9.81. The Morgan fingerprint density at radius 3 is 2.69 bits per heavy atom. The lowest BCUT2D eigenvalue weighted by Crippen LogP contribution is -2.30. The van der Waals surface area contributed by atoms with Crippen molar-refractivity contribution in [2.75, 3.05) is 13.1 Å². The summed E-state index contributed by atoms with van der Waals surface area (Å²) in [7, 11) is 0. The van der Waals surface area contributed by atoms with Crippen LogP contribution in [0.2, 0.25) is 0 Å². The van der Waals surface area contributed by atoms with Gasteiger partial charge in [-0.2, -0.15) is 0 Å². The van der Waals surface area contributed by atoms with Gasteiger partial charge in [0.25, 0.3) is 0 Å². The van der Waals surface area contributed by atoms with E-state index in [1.54, 1.807) is 0 Å². The molecule has 0 aliphatic carbocycles. The normalized spacial score (nSPS) is 19.6. The maximum absolute atomic E-state index is 9.92. The van der Waals surface area contributed by atoms with Crippen LogP contribution in [0, 0.1) is 12.8 Å². The maximum atomic E-state index is 9.92. The molecule has 2 nitrogen and oxygen atoms in total. The number of hydrogen-bond donors (Lipinski definition) is 2. The standard InChI is InChI=1S/C14H21NO/c1-10-3-4-14(16)13(9-10)11(2)12-5-7-15-8-6-12/h3-4,9,11-12,15-16H,5-8H2,1-2H3. The second kappa shape index (κ2) is 4.88. The highest BCUT2D eigenvalue weighted by Crippen LogP contribution is 2.35. The molecule has 2 N–H and O–H groups in total. The van der Waals surface area contributed by atoms with E-state index in [4.69, 9.17) is 0 Å². The second-order valence-corrected chi connectivity index (χ2v) is 4.94. The number of aromatic hydroxyl groups is 1. The van der Waals surface area contributed by atoms with E-state index < -0.39 is 0 Å². The van der Waals surface area contributed by atoms with Crippen molar-refractivity contribution in [3.63, 3.8) is 0 Å². The molecule has 1 unspecified atom stereocenters. The number of nitrogens with one attached hydrogen (secondary N) is 1. The molecular weight excluding hydrogens is 198 g/mol. The van der Waals surface area contributed by atoms with E-state index in [9.17, 15) is 5.11 Å². The van der Waals surface area contributed by atoms with Gasteiger partial charge in [0.1, 0.15) is 5.75 Å². The van der Waals surface area contributed by atoms with E-state index in [1.165, 1.54) is 18.4 Å². The minimum Gasteiger partial charge on any atom is -0.508 e. The van der Waals surface area contributed by atoms with Gasteiger partial charge in [0.2, 0.25) is 0 Å². The van der Waals surface area contributed by atoms with Gasteiger partial charge < -0.3 is 10.4 Å². The molecule has 0 spiro atoms. The molecule has 1 aromatic carbocycles. The fourth-order valence-corrected chi connectivity index (χ4v) is 2.64. The van der Waals surface area contributed by atoms with Crippen LogP contribution in [0.15, 0.2) is 18.2 Å². The molecule has 0 aromatic heterocycles. The van der Waals surface area contributed by atoms with Crippen molar-refractivity contribution in [1.82, 2.24) is 5.32 Å². The molecule has 2 rings (SSSR count). The number of aryl methyl sites for hydroxylation is 1. The molecule has 1 aromatic rings.